The summed E-state index contributed by atoms with van der Waals surface area (Å²) in [5, 5.41) is 0.655. The van der Waals surface area contributed by atoms with Gasteiger partial charge in [-0.05, 0) is 30.3 Å². The lowest BCUT2D eigenvalue weighted by atomic mass is 10.1. The van der Waals surface area contributed by atoms with Crippen LogP contribution in [0.25, 0.3) is 0 Å². The number of halogens is 3. The minimum Gasteiger partial charge on any atom is -0.454 e. The summed E-state index contributed by atoms with van der Waals surface area (Å²) in [5.74, 6) is -0.936. The Morgan fingerprint density at radius 3 is 2.10 bits per heavy atom. The van der Waals surface area contributed by atoms with Gasteiger partial charge in [0.2, 0.25) is 0 Å². The maximum absolute atomic E-state index is 11.9. The number of rotatable bonds is 4. The van der Waals surface area contributed by atoms with Crippen molar-refractivity contribution in [3.05, 3.63) is 68.1 Å². The fourth-order valence-electron chi connectivity index (χ4n) is 1.61. The number of ether oxygens (including phenoxy) is 1. The molecule has 0 fully saturated rings. The van der Waals surface area contributed by atoms with Gasteiger partial charge in [0.1, 0.15) is 0 Å². The molecule has 0 bridgehead atoms. The summed E-state index contributed by atoms with van der Waals surface area (Å²) in [5.41, 5.74) is 0.672. The number of carbonyl (C=O) groups is 2. The fourth-order valence-corrected chi connectivity index (χ4v) is 2.40. The van der Waals surface area contributed by atoms with Gasteiger partial charge in [0.15, 0.2) is 12.4 Å². The van der Waals surface area contributed by atoms with E-state index in [9.17, 15) is 9.59 Å². The Kier molecular flexibility index (Phi) is 5.39. The Hall–Kier alpha value is -1.36. The lowest BCUT2D eigenvalue weighted by Gasteiger charge is -2.05. The van der Waals surface area contributed by atoms with E-state index in [1.54, 1.807) is 24.3 Å². The molecule has 0 radical (unpaired) electrons. The van der Waals surface area contributed by atoms with E-state index < -0.39 is 5.97 Å². The van der Waals surface area contributed by atoms with Gasteiger partial charge in [-0.1, -0.05) is 51.3 Å². The van der Waals surface area contributed by atoms with Crippen molar-refractivity contribution in [1.82, 2.24) is 0 Å². The number of esters is 1. The lowest BCUT2D eigenvalue weighted by Crippen LogP contribution is -2.14. The second-order valence-electron chi connectivity index (χ2n) is 4.16. The molecule has 108 valence electrons. The molecule has 2 aromatic rings. The van der Waals surface area contributed by atoms with Gasteiger partial charge in [-0.15, -0.1) is 0 Å². The Morgan fingerprint density at radius 2 is 1.52 bits per heavy atom. The van der Waals surface area contributed by atoms with Gasteiger partial charge in [0.25, 0.3) is 0 Å². The van der Waals surface area contributed by atoms with Gasteiger partial charge in [0.05, 0.1) is 5.56 Å². The quantitative estimate of drug-likeness (QED) is 0.559. The monoisotopic (exact) mass is 386 g/mol. The van der Waals surface area contributed by atoms with Crippen LogP contribution in [0.5, 0.6) is 0 Å². The van der Waals surface area contributed by atoms with E-state index in [0.29, 0.717) is 15.6 Å². The van der Waals surface area contributed by atoms with Crippen LogP contribution < -0.4 is 0 Å². The number of carbonyl (C=O) groups excluding carboxylic acids is 2. The second-order valence-corrected chi connectivity index (χ2v) is 5.95. The molecule has 2 rings (SSSR count). The third kappa shape index (κ3) is 4.56. The molecule has 0 atom stereocenters. The molecule has 0 aliphatic heterocycles. The molecule has 2 aromatic carbocycles. The van der Waals surface area contributed by atoms with Crippen molar-refractivity contribution in [1.29, 1.82) is 0 Å². The smallest absolute Gasteiger partial charge is 0.338 e. The van der Waals surface area contributed by atoms with Crippen LogP contribution in [-0.2, 0) is 4.74 Å². The first kappa shape index (κ1) is 16.0. The Morgan fingerprint density at radius 1 is 0.952 bits per heavy atom. The first-order valence-corrected chi connectivity index (χ1v) is 7.42. The zero-order chi connectivity index (χ0) is 15.4. The van der Waals surface area contributed by atoms with Crippen molar-refractivity contribution in [2.45, 2.75) is 0 Å². The molecule has 0 unspecified atom stereocenters. The largest absolute Gasteiger partial charge is 0.454 e. The summed E-state index contributed by atoms with van der Waals surface area (Å²) in [6.07, 6.45) is 0. The van der Waals surface area contributed by atoms with E-state index in [2.05, 4.69) is 15.9 Å². The van der Waals surface area contributed by atoms with Crippen molar-refractivity contribution in [2.75, 3.05) is 6.61 Å². The molecule has 0 aliphatic rings. The van der Waals surface area contributed by atoms with E-state index in [1.807, 2.05) is 0 Å². The Balaban J connectivity index is 2.00. The number of ketones is 1. The molecule has 0 saturated carbocycles. The van der Waals surface area contributed by atoms with E-state index in [1.165, 1.54) is 18.2 Å². The molecule has 0 aliphatic carbocycles. The van der Waals surface area contributed by atoms with E-state index in [0.717, 1.165) is 4.47 Å². The van der Waals surface area contributed by atoms with Crippen molar-refractivity contribution < 1.29 is 14.3 Å². The summed E-state index contributed by atoms with van der Waals surface area (Å²) in [6, 6.07) is 11.2. The van der Waals surface area contributed by atoms with E-state index in [-0.39, 0.29) is 18.0 Å². The van der Waals surface area contributed by atoms with Gasteiger partial charge in [-0.3, -0.25) is 4.79 Å². The number of hydrogen-bond donors (Lipinski definition) is 0. The highest BCUT2D eigenvalue weighted by Gasteiger charge is 2.13. The van der Waals surface area contributed by atoms with Crippen LogP contribution in [0.2, 0.25) is 10.0 Å². The van der Waals surface area contributed by atoms with Crippen molar-refractivity contribution in [3.8, 4) is 0 Å². The normalized spacial score (nSPS) is 10.2. The van der Waals surface area contributed by atoms with Crippen LogP contribution in [0.3, 0.4) is 0 Å². The average Bonchev–Trinajstić information content (AvgIpc) is 2.44. The maximum Gasteiger partial charge on any atom is 0.338 e. The molecule has 3 nitrogen and oxygen atoms in total. The van der Waals surface area contributed by atoms with E-state index in [4.69, 9.17) is 27.9 Å². The zero-order valence-electron chi connectivity index (χ0n) is 10.6. The molecule has 6 heteroatoms. The van der Waals surface area contributed by atoms with Gasteiger partial charge in [-0.2, -0.15) is 0 Å². The molecule has 0 saturated heterocycles. The summed E-state index contributed by atoms with van der Waals surface area (Å²) in [7, 11) is 0. The Labute approximate surface area is 139 Å². The summed E-state index contributed by atoms with van der Waals surface area (Å²) in [6.45, 7) is -0.343. The van der Waals surface area contributed by atoms with E-state index >= 15 is 0 Å². The molecular weight excluding hydrogens is 379 g/mol. The first-order chi connectivity index (χ1) is 9.95. The van der Waals surface area contributed by atoms with Crippen molar-refractivity contribution in [3.63, 3.8) is 0 Å². The summed E-state index contributed by atoms with van der Waals surface area (Å²) < 4.78 is 5.83. The maximum atomic E-state index is 11.9. The number of Topliss-reactive ketones (excluding diaryl/α,β-unsaturated/α-hetero) is 1. The molecule has 0 aromatic heterocycles. The molecule has 0 N–H and O–H groups in total. The number of hydrogen-bond acceptors (Lipinski definition) is 3. The van der Waals surface area contributed by atoms with Crippen LogP contribution in [0.1, 0.15) is 20.7 Å². The minimum absolute atomic E-state index is 0.205. The van der Waals surface area contributed by atoms with Gasteiger partial charge < -0.3 is 4.74 Å². The summed E-state index contributed by atoms with van der Waals surface area (Å²) in [4.78, 5) is 23.7. The Bertz CT molecular complexity index is 664. The molecule has 21 heavy (non-hydrogen) atoms. The zero-order valence-corrected chi connectivity index (χ0v) is 13.7. The predicted octanol–water partition coefficient (Wildman–Crippen LogP) is 4.80. The van der Waals surface area contributed by atoms with Gasteiger partial charge in [-0.25, -0.2) is 4.79 Å². The minimum atomic E-state index is -0.648. The molecule has 0 heterocycles. The topological polar surface area (TPSA) is 43.4 Å². The van der Waals surface area contributed by atoms with Crippen molar-refractivity contribution in [2.24, 2.45) is 0 Å². The average molecular weight is 388 g/mol. The van der Waals surface area contributed by atoms with Gasteiger partial charge in [0, 0.05) is 20.1 Å². The van der Waals surface area contributed by atoms with Crippen LogP contribution in [0.4, 0.5) is 0 Å². The predicted molar refractivity (Wildman–Crippen MR) is 85.2 cm³/mol. The standard InChI is InChI=1S/C15H9BrCl2O3/c16-11-3-1-9(2-4-11)14(19)8-21-15(20)10-5-12(17)7-13(18)6-10/h1-7H,8H2. The SMILES string of the molecule is O=C(COC(=O)c1cc(Cl)cc(Cl)c1)c1ccc(Br)cc1. The highest BCUT2D eigenvalue weighted by molar-refractivity contribution is 9.10. The summed E-state index contributed by atoms with van der Waals surface area (Å²) >= 11 is 14.9. The molecular formula is C15H9BrCl2O3. The highest BCUT2D eigenvalue weighted by atomic mass is 79.9. The molecule has 0 spiro atoms. The third-order valence-electron chi connectivity index (χ3n) is 2.60. The molecule has 0 amide bonds. The lowest BCUT2D eigenvalue weighted by molar-refractivity contribution is 0.0475. The third-order valence-corrected chi connectivity index (χ3v) is 3.56. The van der Waals surface area contributed by atoms with Crippen molar-refractivity contribution >= 4 is 50.9 Å². The van der Waals surface area contributed by atoms with Crippen LogP contribution in [-0.4, -0.2) is 18.4 Å². The first-order valence-electron chi connectivity index (χ1n) is 5.87. The second kappa shape index (κ2) is 7.07. The number of benzene rings is 2. The van der Waals surface area contributed by atoms with Gasteiger partial charge >= 0.3 is 5.97 Å². The highest BCUT2D eigenvalue weighted by Crippen LogP contribution is 2.19. The fraction of sp³-hybridized carbons (Fsp3) is 0.0667. The van der Waals surface area contributed by atoms with Crippen LogP contribution >= 0.6 is 39.1 Å². The van der Waals surface area contributed by atoms with Crippen LogP contribution in [0, 0.1) is 0 Å². The van der Waals surface area contributed by atoms with Crippen LogP contribution in [0.15, 0.2) is 46.9 Å².